The third kappa shape index (κ3) is 4.34. The maximum atomic E-state index is 4.57. The largest absolute Gasteiger partial charge is 0.314 e. The number of piperidine rings is 1. The molecule has 0 amide bonds. The highest BCUT2D eigenvalue weighted by Gasteiger charge is 2.20. The normalized spacial score (nSPS) is 21.7. The van der Waals surface area contributed by atoms with E-state index in [4.69, 9.17) is 0 Å². The molecule has 1 fully saturated rings. The Morgan fingerprint density at radius 2 is 2.39 bits per heavy atom. The molecule has 0 spiro atoms. The van der Waals surface area contributed by atoms with Crippen LogP contribution in [0.4, 0.5) is 0 Å². The summed E-state index contributed by atoms with van der Waals surface area (Å²) < 4.78 is 0. The van der Waals surface area contributed by atoms with Gasteiger partial charge in [-0.1, -0.05) is 13.8 Å². The van der Waals surface area contributed by atoms with Crippen molar-refractivity contribution in [3.05, 3.63) is 16.1 Å². The van der Waals surface area contributed by atoms with Gasteiger partial charge in [-0.05, 0) is 38.8 Å². The van der Waals surface area contributed by atoms with Gasteiger partial charge < -0.3 is 5.32 Å². The van der Waals surface area contributed by atoms with Crippen LogP contribution < -0.4 is 5.32 Å². The molecule has 0 aromatic carbocycles. The number of nitrogens with one attached hydrogen (secondary N) is 1. The molecule has 102 valence electrons. The number of nitrogens with zero attached hydrogens (tertiary/aromatic N) is 2. The van der Waals surface area contributed by atoms with E-state index < -0.39 is 0 Å². The first-order valence-electron chi connectivity index (χ1n) is 7.00. The molecule has 2 rings (SSSR count). The lowest BCUT2D eigenvalue weighted by atomic mass is 9.97. The van der Waals surface area contributed by atoms with Crippen molar-refractivity contribution in [1.82, 2.24) is 15.2 Å². The van der Waals surface area contributed by atoms with E-state index in [2.05, 4.69) is 41.4 Å². The van der Waals surface area contributed by atoms with E-state index in [1.165, 1.54) is 36.6 Å². The minimum Gasteiger partial charge on any atom is -0.314 e. The van der Waals surface area contributed by atoms with Crippen molar-refractivity contribution in [3.63, 3.8) is 0 Å². The molecule has 2 heterocycles. The number of likely N-dealkylation sites (tertiary alicyclic amines) is 1. The highest BCUT2D eigenvalue weighted by atomic mass is 32.1. The molecule has 1 unspecified atom stereocenters. The monoisotopic (exact) mass is 267 g/mol. The van der Waals surface area contributed by atoms with Gasteiger partial charge in [0.15, 0.2) is 0 Å². The zero-order valence-electron chi connectivity index (χ0n) is 11.8. The molecular weight excluding hydrogens is 242 g/mol. The van der Waals surface area contributed by atoms with Crippen molar-refractivity contribution in [1.29, 1.82) is 0 Å². The molecule has 4 heteroatoms. The number of aryl methyl sites for hydroxylation is 1. The van der Waals surface area contributed by atoms with Gasteiger partial charge in [-0.3, -0.25) is 4.90 Å². The third-order valence-electron chi connectivity index (χ3n) is 3.47. The predicted octanol–water partition coefficient (Wildman–Crippen LogP) is 2.66. The van der Waals surface area contributed by atoms with E-state index in [0.717, 1.165) is 19.0 Å². The van der Waals surface area contributed by atoms with Gasteiger partial charge in [0.25, 0.3) is 0 Å². The van der Waals surface area contributed by atoms with Crippen molar-refractivity contribution in [2.45, 2.75) is 46.2 Å². The molecule has 0 aliphatic carbocycles. The molecule has 1 aromatic heterocycles. The topological polar surface area (TPSA) is 28.2 Å². The Bertz CT molecular complexity index is 362. The van der Waals surface area contributed by atoms with Crippen molar-refractivity contribution >= 4 is 11.3 Å². The predicted molar refractivity (Wildman–Crippen MR) is 78.0 cm³/mol. The summed E-state index contributed by atoms with van der Waals surface area (Å²) in [5.74, 6) is 0.806. The van der Waals surface area contributed by atoms with E-state index in [-0.39, 0.29) is 0 Å². The number of thiazole rings is 1. The molecule has 1 atom stereocenters. The van der Waals surface area contributed by atoms with Crippen LogP contribution in [0.15, 0.2) is 5.38 Å². The Balaban J connectivity index is 1.79. The summed E-state index contributed by atoms with van der Waals surface area (Å²) >= 11 is 1.76. The highest BCUT2D eigenvalue weighted by molar-refractivity contribution is 7.09. The van der Waals surface area contributed by atoms with E-state index in [1.807, 2.05) is 0 Å². The van der Waals surface area contributed by atoms with Crippen LogP contribution in [-0.4, -0.2) is 35.6 Å². The lowest BCUT2D eigenvalue weighted by Gasteiger charge is -2.32. The summed E-state index contributed by atoms with van der Waals surface area (Å²) in [5.41, 5.74) is 1.25. The van der Waals surface area contributed by atoms with E-state index >= 15 is 0 Å². The van der Waals surface area contributed by atoms with Gasteiger partial charge in [0.2, 0.25) is 0 Å². The van der Waals surface area contributed by atoms with Gasteiger partial charge in [-0.2, -0.15) is 0 Å². The van der Waals surface area contributed by atoms with Gasteiger partial charge in [0.1, 0.15) is 0 Å². The molecule has 0 radical (unpaired) electrons. The standard InChI is InChI=1S/C14H25N3S/c1-11(2)15-7-13-5-4-6-17(8-13)9-14-10-18-12(3)16-14/h10-11,13,15H,4-9H2,1-3H3. The average molecular weight is 267 g/mol. The minimum absolute atomic E-state index is 0.599. The van der Waals surface area contributed by atoms with E-state index in [1.54, 1.807) is 11.3 Å². The quantitative estimate of drug-likeness (QED) is 0.889. The van der Waals surface area contributed by atoms with Gasteiger partial charge in [-0.15, -0.1) is 11.3 Å². The summed E-state index contributed by atoms with van der Waals surface area (Å²) in [7, 11) is 0. The Hall–Kier alpha value is -0.450. The molecular formula is C14H25N3S. The lowest BCUT2D eigenvalue weighted by molar-refractivity contribution is 0.162. The first kappa shape index (κ1) is 14.0. The highest BCUT2D eigenvalue weighted by Crippen LogP contribution is 2.19. The summed E-state index contributed by atoms with van der Waals surface area (Å²) in [6.45, 7) is 11.2. The van der Waals surface area contributed by atoms with Crippen LogP contribution in [-0.2, 0) is 6.54 Å². The van der Waals surface area contributed by atoms with Crippen molar-refractivity contribution in [2.75, 3.05) is 19.6 Å². The smallest absolute Gasteiger partial charge is 0.0897 e. The molecule has 1 aromatic rings. The Morgan fingerprint density at radius 3 is 3.06 bits per heavy atom. The zero-order chi connectivity index (χ0) is 13.0. The number of aromatic nitrogens is 1. The van der Waals surface area contributed by atoms with Crippen LogP contribution >= 0.6 is 11.3 Å². The molecule has 1 saturated heterocycles. The maximum Gasteiger partial charge on any atom is 0.0897 e. The Kier molecular flexibility index (Phi) is 5.15. The summed E-state index contributed by atoms with van der Waals surface area (Å²) in [5, 5.41) is 6.94. The van der Waals surface area contributed by atoms with Crippen LogP contribution in [0.5, 0.6) is 0 Å². The first-order chi connectivity index (χ1) is 8.63. The van der Waals surface area contributed by atoms with Gasteiger partial charge in [0, 0.05) is 24.5 Å². The molecule has 1 aliphatic rings. The molecule has 1 aliphatic heterocycles. The summed E-state index contributed by atoms with van der Waals surface area (Å²) in [6, 6.07) is 0.599. The Labute approximate surface area is 115 Å². The average Bonchev–Trinajstić information content (AvgIpc) is 2.73. The molecule has 1 N–H and O–H groups in total. The van der Waals surface area contributed by atoms with Crippen LogP contribution in [0, 0.1) is 12.8 Å². The molecule has 0 saturated carbocycles. The van der Waals surface area contributed by atoms with Crippen LogP contribution in [0.1, 0.15) is 37.4 Å². The Morgan fingerprint density at radius 1 is 1.56 bits per heavy atom. The van der Waals surface area contributed by atoms with Crippen LogP contribution in [0.2, 0.25) is 0 Å². The van der Waals surface area contributed by atoms with Gasteiger partial charge >= 0.3 is 0 Å². The second-order valence-electron chi connectivity index (χ2n) is 5.66. The van der Waals surface area contributed by atoms with Crippen molar-refractivity contribution in [3.8, 4) is 0 Å². The third-order valence-corrected chi connectivity index (χ3v) is 4.29. The van der Waals surface area contributed by atoms with Crippen LogP contribution in [0.25, 0.3) is 0 Å². The maximum absolute atomic E-state index is 4.57. The van der Waals surface area contributed by atoms with Gasteiger partial charge in [0.05, 0.1) is 10.7 Å². The number of rotatable bonds is 5. The van der Waals surface area contributed by atoms with E-state index in [9.17, 15) is 0 Å². The molecule has 18 heavy (non-hydrogen) atoms. The number of hydrogen-bond acceptors (Lipinski definition) is 4. The zero-order valence-corrected chi connectivity index (χ0v) is 12.6. The fourth-order valence-electron chi connectivity index (χ4n) is 2.57. The van der Waals surface area contributed by atoms with Gasteiger partial charge in [-0.25, -0.2) is 4.98 Å². The van der Waals surface area contributed by atoms with Crippen LogP contribution in [0.3, 0.4) is 0 Å². The number of hydrogen-bond donors (Lipinski definition) is 1. The second kappa shape index (κ2) is 6.64. The lowest BCUT2D eigenvalue weighted by Crippen LogP contribution is -2.40. The SMILES string of the molecule is Cc1nc(CN2CCCC(CNC(C)C)C2)cs1. The minimum atomic E-state index is 0.599. The summed E-state index contributed by atoms with van der Waals surface area (Å²) in [4.78, 5) is 7.13. The fraction of sp³-hybridized carbons (Fsp3) is 0.786. The van der Waals surface area contributed by atoms with Crippen molar-refractivity contribution in [2.24, 2.45) is 5.92 Å². The second-order valence-corrected chi connectivity index (χ2v) is 6.73. The molecule has 3 nitrogen and oxygen atoms in total. The van der Waals surface area contributed by atoms with Crippen molar-refractivity contribution < 1.29 is 0 Å². The fourth-order valence-corrected chi connectivity index (χ4v) is 3.18. The summed E-state index contributed by atoms with van der Waals surface area (Å²) in [6.07, 6.45) is 2.69. The van der Waals surface area contributed by atoms with E-state index in [0.29, 0.717) is 6.04 Å². The first-order valence-corrected chi connectivity index (χ1v) is 7.88. The molecule has 0 bridgehead atoms.